The summed E-state index contributed by atoms with van der Waals surface area (Å²) in [5, 5.41) is 5.55. The quantitative estimate of drug-likeness (QED) is 0.712. The molecule has 1 fully saturated rings. The van der Waals surface area contributed by atoms with E-state index >= 15 is 0 Å². The van der Waals surface area contributed by atoms with E-state index in [4.69, 9.17) is 35.4 Å². The van der Waals surface area contributed by atoms with Crippen molar-refractivity contribution in [2.75, 3.05) is 36.4 Å². The number of benzene rings is 2. The monoisotopic (exact) mass is 393 g/mol. The molecule has 2 aromatic rings. The molecule has 1 N–H and O–H groups in total. The molecule has 1 saturated heterocycles. The molecule has 0 radical (unpaired) electrons. The molecule has 0 bridgehead atoms. The van der Waals surface area contributed by atoms with Crippen LogP contribution in [0, 0.1) is 13.8 Å². The predicted molar refractivity (Wildman–Crippen MR) is 112 cm³/mol. The van der Waals surface area contributed by atoms with Gasteiger partial charge in [-0.15, -0.1) is 0 Å². The van der Waals surface area contributed by atoms with Gasteiger partial charge in [0.15, 0.2) is 5.11 Å². The minimum absolute atomic E-state index is 0.706. The Morgan fingerprint density at radius 2 is 1.52 bits per heavy atom. The molecule has 0 saturated carbocycles. The van der Waals surface area contributed by atoms with Crippen molar-refractivity contribution in [3.63, 3.8) is 0 Å². The van der Waals surface area contributed by atoms with Gasteiger partial charge in [-0.2, -0.15) is 0 Å². The lowest BCUT2D eigenvalue weighted by atomic mass is 10.1. The van der Waals surface area contributed by atoms with Crippen molar-refractivity contribution in [3.05, 3.63) is 57.6 Å². The molecule has 0 amide bonds. The van der Waals surface area contributed by atoms with Crippen LogP contribution in [0.3, 0.4) is 0 Å². The molecule has 25 heavy (non-hydrogen) atoms. The number of halogens is 2. The summed E-state index contributed by atoms with van der Waals surface area (Å²) in [6, 6.07) is 11.8. The maximum atomic E-state index is 6.15. The Morgan fingerprint density at radius 3 is 2.20 bits per heavy atom. The van der Waals surface area contributed by atoms with Crippen molar-refractivity contribution in [1.29, 1.82) is 0 Å². The van der Waals surface area contributed by atoms with Crippen LogP contribution in [0.4, 0.5) is 11.4 Å². The van der Waals surface area contributed by atoms with Crippen molar-refractivity contribution in [1.82, 2.24) is 4.90 Å². The van der Waals surface area contributed by atoms with E-state index in [1.54, 1.807) is 0 Å². The maximum absolute atomic E-state index is 6.15. The van der Waals surface area contributed by atoms with Gasteiger partial charge in [0.25, 0.3) is 0 Å². The largest absolute Gasteiger partial charge is 0.368 e. The fraction of sp³-hybridized carbons (Fsp3) is 0.316. The molecule has 0 atom stereocenters. The molecule has 1 heterocycles. The van der Waals surface area contributed by atoms with Crippen LogP contribution in [0.5, 0.6) is 0 Å². The first-order valence-electron chi connectivity index (χ1n) is 8.27. The van der Waals surface area contributed by atoms with Crippen LogP contribution < -0.4 is 10.2 Å². The third kappa shape index (κ3) is 4.38. The Balaban J connectivity index is 1.63. The molecule has 0 aliphatic carbocycles. The Kier molecular flexibility index (Phi) is 5.72. The highest BCUT2D eigenvalue weighted by molar-refractivity contribution is 7.80. The van der Waals surface area contributed by atoms with Crippen LogP contribution >= 0.6 is 35.4 Å². The van der Waals surface area contributed by atoms with Crippen molar-refractivity contribution in [3.8, 4) is 0 Å². The highest BCUT2D eigenvalue weighted by Gasteiger charge is 2.20. The van der Waals surface area contributed by atoms with Crippen LogP contribution in [0.15, 0.2) is 36.4 Å². The average molecular weight is 394 g/mol. The molecule has 6 heteroatoms. The van der Waals surface area contributed by atoms with Crippen molar-refractivity contribution in [2.24, 2.45) is 0 Å². The fourth-order valence-corrected chi connectivity index (χ4v) is 3.63. The predicted octanol–water partition coefficient (Wildman–Crippen LogP) is 5.13. The number of hydrogen-bond donors (Lipinski definition) is 1. The van der Waals surface area contributed by atoms with E-state index in [9.17, 15) is 0 Å². The van der Waals surface area contributed by atoms with E-state index < -0.39 is 0 Å². The molecule has 1 aliphatic heterocycles. The van der Waals surface area contributed by atoms with Gasteiger partial charge in [0.05, 0.1) is 0 Å². The molecule has 132 valence electrons. The lowest BCUT2D eigenvalue weighted by molar-refractivity contribution is 0.390. The van der Waals surface area contributed by atoms with E-state index in [0.717, 1.165) is 47.6 Å². The zero-order chi connectivity index (χ0) is 18.0. The van der Waals surface area contributed by atoms with Crippen molar-refractivity contribution < 1.29 is 0 Å². The van der Waals surface area contributed by atoms with E-state index in [-0.39, 0.29) is 0 Å². The molecule has 0 aromatic heterocycles. The zero-order valence-corrected chi connectivity index (χ0v) is 16.7. The van der Waals surface area contributed by atoms with Crippen molar-refractivity contribution >= 4 is 51.9 Å². The van der Waals surface area contributed by atoms with E-state index in [1.807, 2.05) is 37.3 Å². The first-order chi connectivity index (χ1) is 11.9. The number of piperazine rings is 1. The van der Waals surface area contributed by atoms with Gasteiger partial charge in [-0.1, -0.05) is 35.3 Å². The van der Waals surface area contributed by atoms with Gasteiger partial charge >= 0.3 is 0 Å². The molecular weight excluding hydrogens is 373 g/mol. The Hall–Kier alpha value is -1.49. The summed E-state index contributed by atoms with van der Waals surface area (Å²) in [7, 11) is 0. The molecule has 0 unspecified atom stereocenters. The molecule has 3 nitrogen and oxygen atoms in total. The molecule has 2 aromatic carbocycles. The van der Waals surface area contributed by atoms with Crippen LogP contribution in [0.25, 0.3) is 0 Å². The highest BCUT2D eigenvalue weighted by Crippen LogP contribution is 2.26. The number of nitrogens with zero attached hydrogens (tertiary/aromatic N) is 2. The van der Waals surface area contributed by atoms with Gasteiger partial charge in [0, 0.05) is 47.6 Å². The molecular formula is C19H21Cl2N3S. The second-order valence-corrected chi connectivity index (χ2v) is 7.55. The number of aryl methyl sites for hydroxylation is 2. The smallest absolute Gasteiger partial charge is 0.173 e. The normalized spacial score (nSPS) is 14.6. The topological polar surface area (TPSA) is 18.5 Å². The number of rotatable bonds is 2. The van der Waals surface area contributed by atoms with Crippen LogP contribution in [-0.4, -0.2) is 36.2 Å². The summed E-state index contributed by atoms with van der Waals surface area (Å²) in [5.74, 6) is 0. The van der Waals surface area contributed by atoms with Gasteiger partial charge in [0.2, 0.25) is 0 Å². The van der Waals surface area contributed by atoms with Gasteiger partial charge in [-0.05, 0) is 61.5 Å². The Morgan fingerprint density at radius 1 is 0.920 bits per heavy atom. The summed E-state index contributed by atoms with van der Waals surface area (Å²) >= 11 is 17.8. The number of hydrogen-bond acceptors (Lipinski definition) is 2. The summed E-state index contributed by atoms with van der Waals surface area (Å²) in [6.07, 6.45) is 0. The SMILES string of the molecule is Cc1ccc(Cl)cc1NC(=S)N1CCN(c2cc(Cl)ccc2C)CC1. The fourth-order valence-electron chi connectivity index (χ4n) is 3.00. The second kappa shape index (κ2) is 7.81. The lowest BCUT2D eigenvalue weighted by Crippen LogP contribution is -2.50. The summed E-state index contributed by atoms with van der Waals surface area (Å²) in [6.45, 7) is 7.73. The highest BCUT2D eigenvalue weighted by atomic mass is 35.5. The van der Waals surface area contributed by atoms with Gasteiger partial charge in [-0.25, -0.2) is 0 Å². The van der Waals surface area contributed by atoms with E-state index in [0.29, 0.717) is 5.02 Å². The first kappa shape index (κ1) is 18.3. The third-order valence-corrected chi connectivity index (χ3v) is 5.35. The second-order valence-electron chi connectivity index (χ2n) is 6.29. The molecule has 0 spiro atoms. The summed E-state index contributed by atoms with van der Waals surface area (Å²) in [5.41, 5.74) is 4.54. The van der Waals surface area contributed by atoms with Crippen LogP contribution in [0.1, 0.15) is 11.1 Å². The zero-order valence-electron chi connectivity index (χ0n) is 14.4. The lowest BCUT2D eigenvalue weighted by Gasteiger charge is -2.38. The van der Waals surface area contributed by atoms with Crippen LogP contribution in [-0.2, 0) is 0 Å². The Bertz CT molecular complexity index is 786. The first-order valence-corrected chi connectivity index (χ1v) is 9.43. The summed E-state index contributed by atoms with van der Waals surface area (Å²) in [4.78, 5) is 4.57. The van der Waals surface area contributed by atoms with E-state index in [2.05, 4.69) is 28.1 Å². The molecule has 3 rings (SSSR count). The minimum Gasteiger partial charge on any atom is -0.368 e. The number of nitrogens with one attached hydrogen (secondary N) is 1. The van der Waals surface area contributed by atoms with Gasteiger partial charge < -0.3 is 15.1 Å². The van der Waals surface area contributed by atoms with Gasteiger partial charge in [0.1, 0.15) is 0 Å². The number of anilines is 2. The summed E-state index contributed by atoms with van der Waals surface area (Å²) < 4.78 is 0. The van der Waals surface area contributed by atoms with Crippen LogP contribution in [0.2, 0.25) is 10.0 Å². The molecule has 1 aliphatic rings. The maximum Gasteiger partial charge on any atom is 0.173 e. The standard InChI is InChI=1S/C19H21Cl2N3S/c1-13-3-5-15(20)11-17(13)22-19(25)24-9-7-23(8-10-24)18-12-16(21)6-4-14(18)2/h3-6,11-12H,7-10H2,1-2H3,(H,22,25). The number of thiocarbonyl (C=S) groups is 1. The van der Waals surface area contributed by atoms with Gasteiger partial charge in [-0.3, -0.25) is 0 Å². The average Bonchev–Trinajstić information content (AvgIpc) is 2.60. The third-order valence-electron chi connectivity index (χ3n) is 4.52. The van der Waals surface area contributed by atoms with Crippen molar-refractivity contribution in [2.45, 2.75) is 13.8 Å². The van der Waals surface area contributed by atoms with E-state index in [1.165, 1.54) is 11.3 Å². The minimum atomic E-state index is 0.706. The Labute approximate surface area is 164 Å².